The van der Waals surface area contributed by atoms with Crippen molar-refractivity contribution in [2.75, 3.05) is 6.61 Å². The normalized spacial score (nSPS) is 12.6. The molecule has 0 radical (unpaired) electrons. The topological polar surface area (TPSA) is 9.23 Å². The summed E-state index contributed by atoms with van der Waals surface area (Å²) in [6, 6.07) is 13.5. The first-order valence-corrected chi connectivity index (χ1v) is 9.12. The van der Waals surface area contributed by atoms with Gasteiger partial charge in [-0.25, -0.2) is 0 Å². The highest BCUT2D eigenvalue weighted by atomic mass is 28.3. The molecule has 1 aromatic rings. The molecule has 0 aromatic heterocycles. The van der Waals surface area contributed by atoms with Crippen LogP contribution in [0.4, 0.5) is 0 Å². The maximum absolute atomic E-state index is 5.92. The van der Waals surface area contributed by atoms with Crippen LogP contribution in [0.25, 0.3) is 0 Å². The van der Waals surface area contributed by atoms with E-state index in [4.69, 9.17) is 4.43 Å². The largest absolute Gasteiger partial charge is 0.420 e. The fourth-order valence-corrected chi connectivity index (χ4v) is 4.77. The molecule has 1 atom stereocenters. The Balaban J connectivity index is 2.22. The van der Waals surface area contributed by atoms with Gasteiger partial charge in [-0.2, -0.15) is 0 Å². The Morgan fingerprint density at radius 2 is 1.71 bits per heavy atom. The molecule has 0 saturated heterocycles. The first kappa shape index (κ1) is 14.5. The van der Waals surface area contributed by atoms with Gasteiger partial charge in [0.1, 0.15) is 0 Å². The molecule has 0 spiro atoms. The van der Waals surface area contributed by atoms with Crippen LogP contribution >= 0.6 is 0 Å². The average Bonchev–Trinajstić information content (AvgIpc) is 2.37. The molecule has 96 valence electrons. The molecule has 0 fully saturated rings. The zero-order valence-electron chi connectivity index (χ0n) is 11.3. The second-order valence-electron chi connectivity index (χ2n) is 4.60. The third-order valence-electron chi connectivity index (χ3n) is 3.12. The summed E-state index contributed by atoms with van der Waals surface area (Å²) in [5.41, 5.74) is 1.47. The highest BCUT2D eigenvalue weighted by Crippen LogP contribution is 2.12. The van der Waals surface area contributed by atoms with Crippen molar-refractivity contribution in [2.24, 2.45) is 0 Å². The lowest BCUT2D eigenvalue weighted by Crippen LogP contribution is -2.17. The zero-order chi connectivity index (χ0) is 12.3. The summed E-state index contributed by atoms with van der Waals surface area (Å²) >= 11 is 0. The van der Waals surface area contributed by atoms with Crippen molar-refractivity contribution < 1.29 is 4.43 Å². The molecular weight excluding hydrogens is 224 g/mol. The molecule has 2 heteroatoms. The molecule has 0 bridgehead atoms. The van der Waals surface area contributed by atoms with Crippen LogP contribution in [-0.2, 0) is 10.8 Å². The molecule has 0 aliphatic carbocycles. The number of aryl methyl sites for hydroxylation is 1. The Morgan fingerprint density at radius 3 is 2.35 bits per heavy atom. The van der Waals surface area contributed by atoms with Crippen molar-refractivity contribution in [1.29, 1.82) is 0 Å². The monoisotopic (exact) mass is 250 g/mol. The van der Waals surface area contributed by atoms with Crippen LogP contribution in [0, 0.1) is 0 Å². The Morgan fingerprint density at radius 1 is 1.00 bits per heavy atom. The van der Waals surface area contributed by atoms with Gasteiger partial charge in [0.25, 0.3) is 0 Å². The lowest BCUT2D eigenvalue weighted by Gasteiger charge is -2.14. The third kappa shape index (κ3) is 6.64. The second kappa shape index (κ2) is 9.43. The minimum Gasteiger partial charge on any atom is -0.420 e. The van der Waals surface area contributed by atoms with E-state index in [1.54, 1.807) is 0 Å². The Hall–Kier alpha value is -0.603. The average molecular weight is 250 g/mol. The van der Waals surface area contributed by atoms with Gasteiger partial charge >= 0.3 is 0 Å². The van der Waals surface area contributed by atoms with Crippen LogP contribution in [0.15, 0.2) is 30.3 Å². The molecule has 1 aromatic carbocycles. The Kier molecular flexibility index (Phi) is 8.02. The smallest absolute Gasteiger partial charge is 0.176 e. The van der Waals surface area contributed by atoms with Crippen molar-refractivity contribution in [3.63, 3.8) is 0 Å². The maximum Gasteiger partial charge on any atom is 0.176 e. The van der Waals surface area contributed by atoms with Crippen LogP contribution < -0.4 is 0 Å². The van der Waals surface area contributed by atoms with Gasteiger partial charge in [0.15, 0.2) is 9.04 Å². The lowest BCUT2D eigenvalue weighted by atomic mass is 10.1. The molecule has 0 N–H and O–H groups in total. The predicted octanol–water partition coefficient (Wildman–Crippen LogP) is 4.18. The van der Waals surface area contributed by atoms with E-state index in [2.05, 4.69) is 44.2 Å². The molecule has 0 amide bonds. The summed E-state index contributed by atoms with van der Waals surface area (Å²) in [6.07, 6.45) is 5.16. The molecular formula is C15H26OSi. The van der Waals surface area contributed by atoms with Gasteiger partial charge in [-0.05, 0) is 37.4 Å². The summed E-state index contributed by atoms with van der Waals surface area (Å²) in [5, 5.41) is 0. The third-order valence-corrected chi connectivity index (χ3v) is 6.03. The van der Waals surface area contributed by atoms with Crippen molar-refractivity contribution in [1.82, 2.24) is 0 Å². The van der Waals surface area contributed by atoms with E-state index < -0.39 is 9.04 Å². The van der Waals surface area contributed by atoms with Gasteiger partial charge in [0.2, 0.25) is 0 Å². The summed E-state index contributed by atoms with van der Waals surface area (Å²) in [5.74, 6) is 0. The van der Waals surface area contributed by atoms with E-state index in [9.17, 15) is 0 Å². The molecule has 1 nitrogen and oxygen atoms in total. The van der Waals surface area contributed by atoms with E-state index in [0.29, 0.717) is 0 Å². The number of hydrogen-bond donors (Lipinski definition) is 0. The van der Waals surface area contributed by atoms with E-state index in [0.717, 1.165) is 6.61 Å². The summed E-state index contributed by atoms with van der Waals surface area (Å²) in [4.78, 5) is 0. The molecule has 0 saturated carbocycles. The number of unbranched alkanes of at least 4 members (excludes halogenated alkanes) is 1. The van der Waals surface area contributed by atoms with Gasteiger partial charge in [-0.1, -0.05) is 50.1 Å². The Bertz CT molecular complexity index is 274. The van der Waals surface area contributed by atoms with Crippen molar-refractivity contribution in [2.45, 2.75) is 51.6 Å². The van der Waals surface area contributed by atoms with Gasteiger partial charge in [-0.3, -0.25) is 0 Å². The lowest BCUT2D eigenvalue weighted by molar-refractivity contribution is 0.339. The van der Waals surface area contributed by atoms with Crippen molar-refractivity contribution in [3.05, 3.63) is 35.9 Å². The van der Waals surface area contributed by atoms with Crippen LogP contribution in [-0.4, -0.2) is 15.6 Å². The second-order valence-corrected chi connectivity index (χ2v) is 7.33. The minimum absolute atomic E-state index is 0.893. The molecule has 1 rings (SSSR count). The van der Waals surface area contributed by atoms with Crippen LogP contribution in [0.5, 0.6) is 0 Å². The number of benzene rings is 1. The van der Waals surface area contributed by atoms with Gasteiger partial charge in [0, 0.05) is 6.61 Å². The van der Waals surface area contributed by atoms with Crippen molar-refractivity contribution in [3.8, 4) is 0 Å². The first-order chi connectivity index (χ1) is 8.36. The zero-order valence-corrected chi connectivity index (χ0v) is 12.5. The molecule has 17 heavy (non-hydrogen) atoms. The van der Waals surface area contributed by atoms with Crippen molar-refractivity contribution >= 4 is 9.04 Å². The molecule has 0 heterocycles. The standard InChI is InChI=1S/C15H26OSi/c1-3-5-13-17(16-4-2)14-9-12-15-10-7-6-8-11-15/h6-8,10-11,17H,3-5,9,12-14H2,1-2H3. The summed E-state index contributed by atoms with van der Waals surface area (Å²) < 4.78 is 5.92. The van der Waals surface area contributed by atoms with E-state index in [1.807, 2.05) is 0 Å². The van der Waals surface area contributed by atoms with Crippen LogP contribution in [0.2, 0.25) is 12.1 Å². The van der Waals surface area contributed by atoms with Gasteiger partial charge in [-0.15, -0.1) is 0 Å². The van der Waals surface area contributed by atoms with Crippen LogP contribution in [0.3, 0.4) is 0 Å². The van der Waals surface area contributed by atoms with E-state index in [1.165, 1.54) is 43.3 Å². The molecule has 0 aliphatic heterocycles. The summed E-state index contributed by atoms with van der Waals surface area (Å²) in [6.45, 7) is 5.30. The van der Waals surface area contributed by atoms with Crippen LogP contribution in [0.1, 0.15) is 38.7 Å². The fourth-order valence-electron chi connectivity index (χ4n) is 2.16. The molecule has 0 aliphatic rings. The predicted molar refractivity (Wildman–Crippen MR) is 78.1 cm³/mol. The van der Waals surface area contributed by atoms with Gasteiger partial charge in [0.05, 0.1) is 0 Å². The quantitative estimate of drug-likeness (QED) is 0.597. The molecule has 1 unspecified atom stereocenters. The number of hydrogen-bond acceptors (Lipinski definition) is 1. The summed E-state index contributed by atoms with van der Waals surface area (Å²) in [7, 11) is -0.893. The number of rotatable bonds is 9. The minimum atomic E-state index is -0.893. The van der Waals surface area contributed by atoms with Gasteiger partial charge < -0.3 is 4.43 Å². The Labute approximate surface area is 108 Å². The maximum atomic E-state index is 5.92. The van der Waals surface area contributed by atoms with E-state index >= 15 is 0 Å². The SMILES string of the molecule is CCCC[SiH](CCCc1ccccc1)OCC. The van der Waals surface area contributed by atoms with E-state index in [-0.39, 0.29) is 0 Å². The highest BCUT2D eigenvalue weighted by molar-refractivity contribution is 6.51. The fraction of sp³-hybridized carbons (Fsp3) is 0.600. The first-order valence-electron chi connectivity index (χ1n) is 7.02. The highest BCUT2D eigenvalue weighted by Gasteiger charge is 2.10.